The highest BCUT2D eigenvalue weighted by atomic mass is 35.5. The number of carboxylic acids is 1. The van der Waals surface area contributed by atoms with Crippen molar-refractivity contribution in [3.63, 3.8) is 0 Å². The maximum atomic E-state index is 13.4. The number of rotatable bonds is 3. The lowest BCUT2D eigenvalue weighted by Crippen LogP contribution is -2.11. The number of thiazole rings is 1. The number of amides is 1. The molecule has 2 aromatic carbocycles. The van der Waals surface area contributed by atoms with Gasteiger partial charge in [0.25, 0.3) is 5.91 Å². The molecule has 1 amide bonds. The zero-order valence-corrected chi connectivity index (χ0v) is 12.9. The van der Waals surface area contributed by atoms with Crippen molar-refractivity contribution in [2.45, 2.75) is 0 Å². The normalized spacial score (nSPS) is 10.7. The van der Waals surface area contributed by atoms with E-state index >= 15 is 0 Å². The third-order valence-corrected chi connectivity index (χ3v) is 4.37. The molecule has 0 atom stereocenters. The molecule has 23 heavy (non-hydrogen) atoms. The molecule has 0 aliphatic rings. The molecular formula is C15H8ClFN2O3S. The van der Waals surface area contributed by atoms with E-state index in [1.165, 1.54) is 18.2 Å². The van der Waals surface area contributed by atoms with Crippen LogP contribution in [0.1, 0.15) is 20.7 Å². The molecule has 0 fully saturated rings. The Morgan fingerprint density at radius 2 is 2.04 bits per heavy atom. The second-order valence-corrected chi connectivity index (χ2v) is 5.97. The van der Waals surface area contributed by atoms with Crippen molar-refractivity contribution in [3.05, 3.63) is 58.4 Å². The smallest absolute Gasteiger partial charge is 0.337 e. The molecular weight excluding hydrogens is 343 g/mol. The van der Waals surface area contributed by atoms with Crippen molar-refractivity contribution >= 4 is 50.2 Å². The van der Waals surface area contributed by atoms with Gasteiger partial charge in [-0.1, -0.05) is 29.0 Å². The summed E-state index contributed by atoms with van der Waals surface area (Å²) < 4.78 is 13.9. The predicted molar refractivity (Wildman–Crippen MR) is 85.9 cm³/mol. The summed E-state index contributed by atoms with van der Waals surface area (Å²) in [6.07, 6.45) is 0. The van der Waals surface area contributed by atoms with E-state index in [4.69, 9.17) is 16.7 Å². The van der Waals surface area contributed by atoms with Crippen LogP contribution < -0.4 is 5.32 Å². The number of benzene rings is 2. The SMILES string of the molecule is O=C(Nc1nc2cccc(C(=O)O)c2s1)c1ccc(Cl)c(F)c1. The first-order valence-electron chi connectivity index (χ1n) is 6.35. The quantitative estimate of drug-likeness (QED) is 0.747. The highest BCUT2D eigenvalue weighted by Gasteiger charge is 2.15. The topological polar surface area (TPSA) is 79.3 Å². The zero-order valence-electron chi connectivity index (χ0n) is 11.3. The van der Waals surface area contributed by atoms with E-state index in [1.807, 2.05) is 0 Å². The summed E-state index contributed by atoms with van der Waals surface area (Å²) in [7, 11) is 0. The van der Waals surface area contributed by atoms with Crippen molar-refractivity contribution in [2.75, 3.05) is 5.32 Å². The van der Waals surface area contributed by atoms with Gasteiger partial charge in [-0.05, 0) is 30.3 Å². The number of anilines is 1. The number of hydrogen-bond acceptors (Lipinski definition) is 4. The maximum Gasteiger partial charge on any atom is 0.337 e. The van der Waals surface area contributed by atoms with E-state index in [2.05, 4.69) is 10.3 Å². The van der Waals surface area contributed by atoms with Gasteiger partial charge in [0.15, 0.2) is 5.13 Å². The number of nitrogens with one attached hydrogen (secondary N) is 1. The molecule has 0 saturated heterocycles. The van der Waals surface area contributed by atoms with E-state index in [9.17, 15) is 14.0 Å². The van der Waals surface area contributed by atoms with Crippen molar-refractivity contribution in [2.24, 2.45) is 0 Å². The summed E-state index contributed by atoms with van der Waals surface area (Å²) >= 11 is 6.61. The molecule has 2 N–H and O–H groups in total. The van der Waals surface area contributed by atoms with Crippen LogP contribution in [0.4, 0.5) is 9.52 Å². The van der Waals surface area contributed by atoms with Crippen LogP contribution in [0.3, 0.4) is 0 Å². The molecule has 0 bridgehead atoms. The molecule has 0 radical (unpaired) electrons. The molecule has 5 nitrogen and oxygen atoms in total. The third-order valence-electron chi connectivity index (χ3n) is 3.05. The number of halogens is 2. The van der Waals surface area contributed by atoms with Crippen LogP contribution in [-0.2, 0) is 0 Å². The zero-order chi connectivity index (χ0) is 16.6. The molecule has 3 aromatic rings. The number of carboxylic acid groups (broad SMARTS) is 1. The van der Waals surface area contributed by atoms with Gasteiger partial charge in [0.05, 0.1) is 20.8 Å². The highest BCUT2D eigenvalue weighted by molar-refractivity contribution is 7.22. The first kappa shape index (κ1) is 15.4. The third kappa shape index (κ3) is 3.01. The van der Waals surface area contributed by atoms with Crippen LogP contribution in [0, 0.1) is 5.82 Å². The summed E-state index contributed by atoms with van der Waals surface area (Å²) in [5.41, 5.74) is 0.662. The largest absolute Gasteiger partial charge is 0.478 e. The monoisotopic (exact) mass is 350 g/mol. The van der Waals surface area contributed by atoms with Crippen LogP contribution in [0.5, 0.6) is 0 Å². The van der Waals surface area contributed by atoms with Crippen molar-refractivity contribution < 1.29 is 19.1 Å². The number of aromatic carboxylic acids is 1. The van der Waals surface area contributed by atoms with Crippen LogP contribution >= 0.6 is 22.9 Å². The fraction of sp³-hybridized carbons (Fsp3) is 0. The second-order valence-electron chi connectivity index (χ2n) is 4.56. The van der Waals surface area contributed by atoms with Gasteiger partial charge in [0.1, 0.15) is 5.82 Å². The molecule has 3 rings (SSSR count). The molecule has 1 aromatic heterocycles. The van der Waals surface area contributed by atoms with E-state index in [0.717, 1.165) is 17.4 Å². The lowest BCUT2D eigenvalue weighted by Gasteiger charge is -2.02. The number of hydrogen-bond donors (Lipinski definition) is 2. The number of nitrogens with zero attached hydrogens (tertiary/aromatic N) is 1. The lowest BCUT2D eigenvalue weighted by molar-refractivity contribution is 0.0699. The van der Waals surface area contributed by atoms with Crippen LogP contribution in [0.2, 0.25) is 5.02 Å². The minimum Gasteiger partial charge on any atom is -0.478 e. The Morgan fingerprint density at radius 3 is 2.74 bits per heavy atom. The average molecular weight is 351 g/mol. The molecule has 0 aliphatic carbocycles. The Kier molecular flexibility index (Phi) is 3.97. The summed E-state index contributed by atoms with van der Waals surface area (Å²) in [5.74, 6) is -2.33. The van der Waals surface area contributed by atoms with Gasteiger partial charge in [-0.25, -0.2) is 14.2 Å². The minimum atomic E-state index is -1.07. The number of carbonyl (C=O) groups is 2. The average Bonchev–Trinajstić information content (AvgIpc) is 2.91. The fourth-order valence-corrected chi connectivity index (χ4v) is 3.06. The van der Waals surface area contributed by atoms with Gasteiger partial charge in [0.2, 0.25) is 0 Å². The van der Waals surface area contributed by atoms with Gasteiger partial charge in [-0.2, -0.15) is 0 Å². The summed E-state index contributed by atoms with van der Waals surface area (Å²) in [6, 6.07) is 8.38. The Morgan fingerprint density at radius 1 is 1.26 bits per heavy atom. The predicted octanol–water partition coefficient (Wildman–Crippen LogP) is 4.04. The summed E-state index contributed by atoms with van der Waals surface area (Å²) in [4.78, 5) is 27.4. The Balaban J connectivity index is 1.92. The molecule has 0 spiro atoms. The molecule has 1 heterocycles. The van der Waals surface area contributed by atoms with Gasteiger partial charge >= 0.3 is 5.97 Å². The van der Waals surface area contributed by atoms with E-state index in [0.29, 0.717) is 10.2 Å². The molecule has 116 valence electrons. The Labute approximate surface area is 138 Å². The van der Waals surface area contributed by atoms with Gasteiger partial charge in [0, 0.05) is 5.56 Å². The standard InChI is InChI=1S/C15H8ClFN2O3S/c16-9-5-4-7(6-10(9)17)13(20)19-15-18-11-3-1-2-8(14(21)22)12(11)23-15/h1-6H,(H,21,22)(H,18,19,20). The van der Waals surface area contributed by atoms with Crippen LogP contribution in [-0.4, -0.2) is 22.0 Å². The first-order chi connectivity index (χ1) is 11.0. The van der Waals surface area contributed by atoms with Gasteiger partial charge < -0.3 is 5.11 Å². The Hall–Kier alpha value is -2.51. The summed E-state index contributed by atoms with van der Waals surface area (Å²) in [6.45, 7) is 0. The second kappa shape index (κ2) is 5.94. The molecule has 0 saturated carbocycles. The fourth-order valence-electron chi connectivity index (χ4n) is 1.98. The summed E-state index contributed by atoms with van der Waals surface area (Å²) in [5, 5.41) is 11.8. The van der Waals surface area contributed by atoms with Crippen molar-refractivity contribution in [1.82, 2.24) is 4.98 Å². The minimum absolute atomic E-state index is 0.0763. The molecule has 0 unspecified atom stereocenters. The maximum absolute atomic E-state index is 13.4. The van der Waals surface area contributed by atoms with Crippen molar-refractivity contribution in [1.29, 1.82) is 0 Å². The van der Waals surface area contributed by atoms with E-state index < -0.39 is 17.7 Å². The number of carbonyl (C=O) groups excluding carboxylic acids is 1. The van der Waals surface area contributed by atoms with E-state index in [-0.39, 0.29) is 21.3 Å². The first-order valence-corrected chi connectivity index (χ1v) is 7.54. The Bertz CT molecular complexity index is 942. The highest BCUT2D eigenvalue weighted by Crippen LogP contribution is 2.29. The van der Waals surface area contributed by atoms with E-state index in [1.54, 1.807) is 12.1 Å². The van der Waals surface area contributed by atoms with Crippen LogP contribution in [0.15, 0.2) is 36.4 Å². The van der Waals surface area contributed by atoms with Gasteiger partial charge in [-0.15, -0.1) is 0 Å². The van der Waals surface area contributed by atoms with Crippen molar-refractivity contribution in [3.8, 4) is 0 Å². The number of aromatic nitrogens is 1. The lowest BCUT2D eigenvalue weighted by atomic mass is 10.2. The van der Waals surface area contributed by atoms with Gasteiger partial charge in [-0.3, -0.25) is 10.1 Å². The number of fused-ring (bicyclic) bond motifs is 1. The molecule has 8 heteroatoms. The molecule has 0 aliphatic heterocycles. The van der Waals surface area contributed by atoms with Crippen LogP contribution in [0.25, 0.3) is 10.2 Å².